The second-order valence-electron chi connectivity index (χ2n) is 7.05. The molecule has 3 heterocycles. The van der Waals surface area contributed by atoms with Crippen molar-refractivity contribution in [2.24, 2.45) is 0 Å². The van der Waals surface area contributed by atoms with Gasteiger partial charge < -0.3 is 14.6 Å². The van der Waals surface area contributed by atoms with E-state index in [0.29, 0.717) is 17.6 Å². The molecule has 1 aromatic carbocycles. The van der Waals surface area contributed by atoms with Crippen LogP contribution in [0.15, 0.2) is 42.7 Å². The number of halogens is 3. The number of nitrogens with zero attached hydrogens (tertiary/aromatic N) is 3. The zero-order valence-electron chi connectivity index (χ0n) is 14.9. The SMILES string of the molecule is CN1CCc2c(c3ccc(C(F)(F)F)cc3n2CC(O)c2ccncc2)C1. The van der Waals surface area contributed by atoms with E-state index in [4.69, 9.17) is 0 Å². The standard InChI is InChI=1S/C20H20F3N3O/c1-25-9-6-17-16(11-25)15-3-2-14(20(21,22)23)10-18(15)26(17)12-19(27)13-4-7-24-8-5-13/h2-5,7-8,10,19,27H,6,9,11-12H2,1H3. The van der Waals surface area contributed by atoms with Crippen molar-refractivity contribution in [3.63, 3.8) is 0 Å². The second-order valence-corrected chi connectivity index (χ2v) is 7.05. The van der Waals surface area contributed by atoms with Gasteiger partial charge in [0.2, 0.25) is 0 Å². The van der Waals surface area contributed by atoms with E-state index in [9.17, 15) is 18.3 Å². The maximum atomic E-state index is 13.2. The van der Waals surface area contributed by atoms with Crippen LogP contribution in [-0.2, 0) is 25.7 Å². The maximum Gasteiger partial charge on any atom is 0.416 e. The Morgan fingerprint density at radius 3 is 2.63 bits per heavy atom. The van der Waals surface area contributed by atoms with Gasteiger partial charge in [0.25, 0.3) is 0 Å². The highest BCUT2D eigenvalue weighted by Crippen LogP contribution is 2.36. The van der Waals surface area contributed by atoms with Gasteiger partial charge in [0.1, 0.15) is 0 Å². The van der Waals surface area contributed by atoms with Crippen molar-refractivity contribution in [2.75, 3.05) is 13.6 Å². The van der Waals surface area contributed by atoms with Crippen LogP contribution in [0.5, 0.6) is 0 Å². The van der Waals surface area contributed by atoms with E-state index in [1.807, 2.05) is 11.6 Å². The number of benzene rings is 1. The van der Waals surface area contributed by atoms with Crippen LogP contribution in [0.2, 0.25) is 0 Å². The molecule has 1 unspecified atom stereocenters. The summed E-state index contributed by atoms with van der Waals surface area (Å²) in [5.74, 6) is 0. The summed E-state index contributed by atoms with van der Waals surface area (Å²) in [7, 11) is 2.00. The van der Waals surface area contributed by atoms with Crippen molar-refractivity contribution in [1.29, 1.82) is 0 Å². The lowest BCUT2D eigenvalue weighted by Gasteiger charge is -2.25. The van der Waals surface area contributed by atoms with Crippen LogP contribution in [0.3, 0.4) is 0 Å². The number of pyridine rings is 1. The second kappa shape index (κ2) is 6.65. The lowest BCUT2D eigenvalue weighted by molar-refractivity contribution is -0.137. The number of hydrogen-bond donors (Lipinski definition) is 1. The number of alkyl halides is 3. The molecule has 0 spiro atoms. The normalized spacial score (nSPS) is 16.5. The Bertz CT molecular complexity index is 966. The van der Waals surface area contributed by atoms with E-state index in [0.717, 1.165) is 35.7 Å². The molecule has 4 nitrogen and oxygen atoms in total. The monoisotopic (exact) mass is 375 g/mol. The molecule has 3 aromatic rings. The van der Waals surface area contributed by atoms with Gasteiger partial charge in [-0.15, -0.1) is 0 Å². The summed E-state index contributed by atoms with van der Waals surface area (Å²) in [6.07, 6.45) is -1.28. The Hall–Kier alpha value is -2.38. The largest absolute Gasteiger partial charge is 0.416 e. The van der Waals surface area contributed by atoms with Gasteiger partial charge in [0, 0.05) is 48.5 Å². The number of likely N-dealkylation sites (N-methyl/N-ethyl adjacent to an activating group) is 1. The van der Waals surface area contributed by atoms with Crippen LogP contribution in [0.4, 0.5) is 13.2 Å². The quantitative estimate of drug-likeness (QED) is 0.758. The first-order valence-corrected chi connectivity index (χ1v) is 8.82. The molecule has 0 bridgehead atoms. The van der Waals surface area contributed by atoms with Crippen LogP contribution >= 0.6 is 0 Å². The average molecular weight is 375 g/mol. The Balaban J connectivity index is 1.84. The van der Waals surface area contributed by atoms with Gasteiger partial charge in [0.15, 0.2) is 0 Å². The van der Waals surface area contributed by atoms with Gasteiger partial charge in [-0.1, -0.05) is 6.07 Å². The van der Waals surface area contributed by atoms with Crippen LogP contribution < -0.4 is 0 Å². The van der Waals surface area contributed by atoms with E-state index < -0.39 is 17.8 Å². The molecule has 1 atom stereocenters. The highest BCUT2D eigenvalue weighted by Gasteiger charge is 2.32. The van der Waals surface area contributed by atoms with E-state index in [2.05, 4.69) is 9.88 Å². The lowest BCUT2D eigenvalue weighted by atomic mass is 10.0. The summed E-state index contributed by atoms with van der Waals surface area (Å²) >= 11 is 0. The summed E-state index contributed by atoms with van der Waals surface area (Å²) in [6.45, 7) is 1.73. The van der Waals surface area contributed by atoms with Crippen LogP contribution in [0.25, 0.3) is 10.9 Å². The minimum atomic E-state index is -4.40. The summed E-state index contributed by atoms with van der Waals surface area (Å²) in [5.41, 5.74) is 2.61. The summed E-state index contributed by atoms with van der Waals surface area (Å²) in [5, 5.41) is 11.5. The molecule has 0 amide bonds. The van der Waals surface area contributed by atoms with E-state index in [1.54, 1.807) is 30.6 Å². The minimum absolute atomic E-state index is 0.209. The van der Waals surface area contributed by atoms with Crippen LogP contribution in [-0.4, -0.2) is 33.1 Å². The number of aliphatic hydroxyl groups is 1. The molecule has 27 heavy (non-hydrogen) atoms. The number of aromatic nitrogens is 2. The molecule has 1 aliphatic rings. The fraction of sp³-hybridized carbons (Fsp3) is 0.350. The average Bonchev–Trinajstić information content (AvgIpc) is 2.94. The number of hydrogen-bond acceptors (Lipinski definition) is 3. The number of rotatable bonds is 3. The number of fused-ring (bicyclic) bond motifs is 3. The highest BCUT2D eigenvalue weighted by molar-refractivity contribution is 5.86. The third kappa shape index (κ3) is 3.33. The lowest BCUT2D eigenvalue weighted by Crippen LogP contribution is -2.27. The summed E-state index contributed by atoms with van der Waals surface area (Å²) < 4.78 is 41.6. The Morgan fingerprint density at radius 2 is 1.93 bits per heavy atom. The highest BCUT2D eigenvalue weighted by atomic mass is 19.4. The van der Waals surface area contributed by atoms with Crippen LogP contribution in [0, 0.1) is 0 Å². The maximum absolute atomic E-state index is 13.2. The summed E-state index contributed by atoms with van der Waals surface area (Å²) in [6, 6.07) is 7.34. The molecule has 1 aliphatic heterocycles. The van der Waals surface area contributed by atoms with E-state index >= 15 is 0 Å². The van der Waals surface area contributed by atoms with Gasteiger partial charge in [-0.2, -0.15) is 13.2 Å². The van der Waals surface area contributed by atoms with Gasteiger partial charge in [0.05, 0.1) is 18.2 Å². The molecular formula is C20H20F3N3O. The molecule has 0 saturated heterocycles. The van der Waals surface area contributed by atoms with Crippen LogP contribution in [0.1, 0.15) is 28.5 Å². The zero-order valence-corrected chi connectivity index (χ0v) is 14.9. The first-order valence-electron chi connectivity index (χ1n) is 8.82. The fourth-order valence-electron chi connectivity index (χ4n) is 3.83. The number of aliphatic hydroxyl groups excluding tert-OH is 1. The van der Waals surface area contributed by atoms with Gasteiger partial charge in [-0.05, 0) is 42.4 Å². The molecule has 7 heteroatoms. The van der Waals surface area contributed by atoms with Crippen molar-refractivity contribution in [2.45, 2.75) is 31.8 Å². The molecule has 0 aliphatic carbocycles. The fourth-order valence-corrected chi connectivity index (χ4v) is 3.83. The Kier molecular flexibility index (Phi) is 4.44. The van der Waals surface area contributed by atoms with Gasteiger partial charge >= 0.3 is 6.18 Å². The minimum Gasteiger partial charge on any atom is -0.387 e. The Morgan fingerprint density at radius 1 is 1.19 bits per heavy atom. The van der Waals surface area contributed by atoms with Gasteiger partial charge in [-0.25, -0.2) is 0 Å². The van der Waals surface area contributed by atoms with Crippen molar-refractivity contribution in [3.8, 4) is 0 Å². The van der Waals surface area contributed by atoms with Crippen molar-refractivity contribution < 1.29 is 18.3 Å². The zero-order chi connectivity index (χ0) is 19.2. The molecule has 0 fully saturated rings. The van der Waals surface area contributed by atoms with E-state index in [-0.39, 0.29) is 6.54 Å². The topological polar surface area (TPSA) is 41.3 Å². The van der Waals surface area contributed by atoms with Crippen molar-refractivity contribution in [3.05, 3.63) is 65.1 Å². The first-order chi connectivity index (χ1) is 12.8. The Labute approximate surface area is 154 Å². The van der Waals surface area contributed by atoms with Crippen molar-refractivity contribution >= 4 is 10.9 Å². The third-order valence-corrected chi connectivity index (χ3v) is 5.22. The molecular weight excluding hydrogens is 355 g/mol. The third-order valence-electron chi connectivity index (χ3n) is 5.22. The van der Waals surface area contributed by atoms with Gasteiger partial charge in [-0.3, -0.25) is 4.98 Å². The van der Waals surface area contributed by atoms with Crippen molar-refractivity contribution in [1.82, 2.24) is 14.5 Å². The van der Waals surface area contributed by atoms with E-state index in [1.165, 1.54) is 6.07 Å². The molecule has 0 radical (unpaired) electrons. The first kappa shape index (κ1) is 18.0. The molecule has 4 rings (SSSR count). The molecule has 2 aromatic heterocycles. The smallest absolute Gasteiger partial charge is 0.387 e. The molecule has 1 N–H and O–H groups in total. The molecule has 0 saturated carbocycles. The predicted octanol–water partition coefficient (Wildman–Crippen LogP) is 3.78. The molecule has 142 valence electrons. The predicted molar refractivity (Wildman–Crippen MR) is 96.2 cm³/mol. The summed E-state index contributed by atoms with van der Waals surface area (Å²) in [4.78, 5) is 6.10.